The Labute approximate surface area is 143 Å². The SMILES string of the molecule is CC(=Nc1ccc(Cl)nc1)NC(=O)N(C)Cc1ccc(F)c(F)c1. The molecule has 0 aliphatic heterocycles. The van der Waals surface area contributed by atoms with E-state index in [9.17, 15) is 13.6 Å². The minimum Gasteiger partial charge on any atom is -0.323 e. The maximum atomic E-state index is 13.2. The molecule has 0 radical (unpaired) electrons. The lowest BCUT2D eigenvalue weighted by atomic mass is 10.2. The minimum absolute atomic E-state index is 0.124. The number of hydrogen-bond acceptors (Lipinski definition) is 3. The number of urea groups is 1. The molecule has 0 fully saturated rings. The average molecular weight is 353 g/mol. The molecule has 0 bridgehead atoms. The van der Waals surface area contributed by atoms with Crippen LogP contribution in [0.15, 0.2) is 41.5 Å². The van der Waals surface area contributed by atoms with Gasteiger partial charge in [0.25, 0.3) is 0 Å². The summed E-state index contributed by atoms with van der Waals surface area (Å²) in [5.74, 6) is -1.51. The van der Waals surface area contributed by atoms with E-state index in [-0.39, 0.29) is 6.54 Å². The van der Waals surface area contributed by atoms with Gasteiger partial charge in [-0.2, -0.15) is 0 Å². The van der Waals surface area contributed by atoms with Gasteiger partial charge in [0.2, 0.25) is 0 Å². The van der Waals surface area contributed by atoms with Gasteiger partial charge in [-0.05, 0) is 36.8 Å². The summed E-state index contributed by atoms with van der Waals surface area (Å²) in [6.07, 6.45) is 1.48. The number of amidine groups is 1. The Hall–Kier alpha value is -2.54. The highest BCUT2D eigenvalue weighted by Gasteiger charge is 2.11. The second-order valence-corrected chi connectivity index (χ2v) is 5.46. The van der Waals surface area contributed by atoms with Crippen LogP contribution in [0.5, 0.6) is 0 Å². The Morgan fingerprint density at radius 1 is 1.29 bits per heavy atom. The summed E-state index contributed by atoms with van der Waals surface area (Å²) in [5, 5.41) is 2.95. The number of nitrogens with one attached hydrogen (secondary N) is 1. The molecule has 2 amide bonds. The van der Waals surface area contributed by atoms with E-state index in [4.69, 9.17) is 11.6 Å². The van der Waals surface area contributed by atoms with Crippen molar-refractivity contribution in [2.45, 2.75) is 13.5 Å². The van der Waals surface area contributed by atoms with Crippen LogP contribution >= 0.6 is 11.6 Å². The summed E-state index contributed by atoms with van der Waals surface area (Å²) in [6.45, 7) is 1.75. The van der Waals surface area contributed by atoms with E-state index in [1.165, 1.54) is 24.2 Å². The third-order valence-corrected chi connectivity index (χ3v) is 3.27. The van der Waals surface area contributed by atoms with Gasteiger partial charge in [0.1, 0.15) is 11.0 Å². The molecule has 0 saturated heterocycles. The van der Waals surface area contributed by atoms with Crippen molar-refractivity contribution in [1.82, 2.24) is 15.2 Å². The van der Waals surface area contributed by atoms with Gasteiger partial charge in [-0.1, -0.05) is 17.7 Å². The Bertz CT molecular complexity index is 765. The number of carbonyl (C=O) groups excluding carboxylic acids is 1. The zero-order valence-electron chi connectivity index (χ0n) is 13.1. The van der Waals surface area contributed by atoms with Crippen molar-refractivity contribution in [2.24, 2.45) is 4.99 Å². The number of halogens is 3. The van der Waals surface area contributed by atoms with Crippen LogP contribution in [-0.2, 0) is 6.54 Å². The summed E-state index contributed by atoms with van der Waals surface area (Å²) in [7, 11) is 1.54. The van der Waals surface area contributed by atoms with E-state index in [0.29, 0.717) is 22.2 Å². The second kappa shape index (κ2) is 7.83. The van der Waals surface area contributed by atoms with Crippen molar-refractivity contribution in [3.05, 3.63) is 58.9 Å². The van der Waals surface area contributed by atoms with E-state index in [1.807, 2.05) is 0 Å². The summed E-state index contributed by atoms with van der Waals surface area (Å²) >= 11 is 5.69. The monoisotopic (exact) mass is 352 g/mol. The number of hydrogen-bond donors (Lipinski definition) is 1. The predicted molar refractivity (Wildman–Crippen MR) is 88.4 cm³/mol. The second-order valence-electron chi connectivity index (χ2n) is 5.07. The highest BCUT2D eigenvalue weighted by atomic mass is 35.5. The number of nitrogens with zero attached hydrogens (tertiary/aromatic N) is 3. The van der Waals surface area contributed by atoms with Crippen molar-refractivity contribution < 1.29 is 13.6 Å². The summed E-state index contributed by atoms with van der Waals surface area (Å²) in [4.78, 5) is 21.5. The van der Waals surface area contributed by atoms with Crippen molar-refractivity contribution in [3.63, 3.8) is 0 Å². The molecule has 1 N–H and O–H groups in total. The molecule has 2 aromatic rings. The maximum Gasteiger partial charge on any atom is 0.322 e. The molecule has 8 heteroatoms. The first-order valence-electron chi connectivity index (χ1n) is 6.98. The molecule has 0 spiro atoms. The first-order valence-corrected chi connectivity index (χ1v) is 7.36. The van der Waals surface area contributed by atoms with Crippen molar-refractivity contribution in [3.8, 4) is 0 Å². The van der Waals surface area contributed by atoms with Crippen molar-refractivity contribution >= 4 is 29.2 Å². The number of benzene rings is 1. The lowest BCUT2D eigenvalue weighted by Gasteiger charge is -2.18. The number of amides is 2. The van der Waals surface area contributed by atoms with Crippen LogP contribution in [0.25, 0.3) is 0 Å². The van der Waals surface area contributed by atoms with E-state index in [0.717, 1.165) is 12.1 Å². The van der Waals surface area contributed by atoms with Gasteiger partial charge in [-0.3, -0.25) is 5.32 Å². The number of pyridine rings is 1. The first kappa shape index (κ1) is 17.8. The molecule has 0 atom stereocenters. The molecule has 126 valence electrons. The lowest BCUT2D eigenvalue weighted by Crippen LogP contribution is -2.39. The van der Waals surface area contributed by atoms with Crippen LogP contribution in [0.4, 0.5) is 19.3 Å². The molecule has 0 aliphatic carbocycles. The van der Waals surface area contributed by atoms with Crippen molar-refractivity contribution in [2.75, 3.05) is 7.05 Å². The molecule has 2 rings (SSSR count). The quantitative estimate of drug-likeness (QED) is 0.517. The van der Waals surface area contributed by atoms with Crippen LogP contribution in [-0.4, -0.2) is 28.8 Å². The van der Waals surface area contributed by atoms with Gasteiger partial charge in [-0.25, -0.2) is 23.6 Å². The molecular formula is C16H15ClF2N4O. The molecule has 1 aromatic carbocycles. The fourth-order valence-electron chi connectivity index (χ4n) is 1.89. The number of aliphatic imine (C=N–C) groups is 1. The maximum absolute atomic E-state index is 13.2. The third kappa shape index (κ3) is 4.99. The third-order valence-electron chi connectivity index (χ3n) is 3.05. The van der Waals surface area contributed by atoms with Gasteiger partial charge in [0, 0.05) is 13.6 Å². The fourth-order valence-corrected chi connectivity index (χ4v) is 2.00. The summed E-state index contributed by atoms with van der Waals surface area (Å²) < 4.78 is 26.1. The molecule has 5 nitrogen and oxygen atoms in total. The minimum atomic E-state index is -0.950. The smallest absolute Gasteiger partial charge is 0.322 e. The van der Waals surface area contributed by atoms with Crippen LogP contribution in [0.3, 0.4) is 0 Å². The molecule has 1 aromatic heterocycles. The van der Waals surface area contributed by atoms with E-state index >= 15 is 0 Å². The number of carbonyl (C=O) groups is 1. The Morgan fingerprint density at radius 3 is 2.67 bits per heavy atom. The highest BCUT2D eigenvalue weighted by Crippen LogP contribution is 2.13. The standard InChI is InChI=1S/C16H15ClF2N4O/c1-10(21-12-4-6-15(17)20-8-12)22-16(24)23(2)9-11-3-5-13(18)14(19)7-11/h3-8H,9H2,1-2H3,(H,21,22,24). The molecular weight excluding hydrogens is 338 g/mol. The van der Waals surface area contributed by atoms with Gasteiger partial charge in [-0.15, -0.1) is 0 Å². The topological polar surface area (TPSA) is 57.6 Å². The number of rotatable bonds is 3. The molecule has 0 unspecified atom stereocenters. The zero-order chi connectivity index (χ0) is 17.7. The largest absolute Gasteiger partial charge is 0.323 e. The Kier molecular flexibility index (Phi) is 5.81. The molecule has 1 heterocycles. The fraction of sp³-hybridized carbons (Fsp3) is 0.188. The predicted octanol–water partition coefficient (Wildman–Crippen LogP) is 3.90. The van der Waals surface area contributed by atoms with Crippen molar-refractivity contribution in [1.29, 1.82) is 0 Å². The number of aromatic nitrogens is 1. The highest BCUT2D eigenvalue weighted by molar-refractivity contribution is 6.29. The molecule has 0 saturated carbocycles. The van der Waals surface area contributed by atoms with E-state index < -0.39 is 17.7 Å². The van der Waals surface area contributed by atoms with Crippen LogP contribution in [0, 0.1) is 11.6 Å². The van der Waals surface area contributed by atoms with E-state index in [2.05, 4.69) is 15.3 Å². The van der Waals surface area contributed by atoms with Crippen LogP contribution in [0.2, 0.25) is 5.15 Å². The van der Waals surface area contributed by atoms with Gasteiger partial charge >= 0.3 is 6.03 Å². The average Bonchev–Trinajstić information content (AvgIpc) is 2.53. The normalized spacial score (nSPS) is 11.3. The van der Waals surface area contributed by atoms with Gasteiger partial charge in [0.15, 0.2) is 11.6 Å². The summed E-state index contributed by atoms with van der Waals surface area (Å²) in [6, 6.07) is 6.32. The molecule has 0 aliphatic rings. The van der Waals surface area contributed by atoms with Crippen LogP contribution < -0.4 is 5.32 Å². The van der Waals surface area contributed by atoms with E-state index in [1.54, 1.807) is 19.1 Å². The Morgan fingerprint density at radius 2 is 2.04 bits per heavy atom. The van der Waals surface area contributed by atoms with Crippen LogP contribution in [0.1, 0.15) is 12.5 Å². The van der Waals surface area contributed by atoms with Gasteiger partial charge < -0.3 is 4.90 Å². The lowest BCUT2D eigenvalue weighted by molar-refractivity contribution is 0.212. The summed E-state index contributed by atoms with van der Waals surface area (Å²) in [5.41, 5.74) is 1.02. The Balaban J connectivity index is 1.97. The zero-order valence-corrected chi connectivity index (χ0v) is 13.8. The molecule has 24 heavy (non-hydrogen) atoms. The van der Waals surface area contributed by atoms with Gasteiger partial charge in [0.05, 0.1) is 11.9 Å². The first-order chi connectivity index (χ1) is 11.3.